The molecule has 2 rings (SSSR count). The topological polar surface area (TPSA) is 37.8 Å². The van der Waals surface area contributed by atoms with Crippen LogP contribution in [0.4, 0.5) is 19.0 Å². The van der Waals surface area contributed by atoms with Crippen LogP contribution in [0.5, 0.6) is 0 Å². The van der Waals surface area contributed by atoms with E-state index in [1.807, 2.05) is 0 Å². The van der Waals surface area contributed by atoms with Gasteiger partial charge in [0.05, 0.1) is 5.52 Å². The molecule has 2 aromatic rings. The number of nitrogens with one attached hydrogen (secondary N) is 1. The highest BCUT2D eigenvalue weighted by Gasteiger charge is 2.35. The molecule has 0 saturated heterocycles. The molecular formula is C19H26F3N3. The maximum Gasteiger partial charge on any atom is 0.451 e. The summed E-state index contributed by atoms with van der Waals surface area (Å²) in [4.78, 5) is 7.32. The first-order chi connectivity index (χ1) is 12.0. The number of halogens is 3. The summed E-state index contributed by atoms with van der Waals surface area (Å²) < 4.78 is 38.9. The number of fused-ring (bicyclic) bond motifs is 1. The van der Waals surface area contributed by atoms with Gasteiger partial charge in [-0.3, -0.25) is 0 Å². The average Bonchev–Trinajstić information content (AvgIpc) is 2.59. The minimum atomic E-state index is -4.54. The van der Waals surface area contributed by atoms with Gasteiger partial charge in [-0.05, 0) is 18.6 Å². The van der Waals surface area contributed by atoms with Crippen LogP contribution < -0.4 is 5.32 Å². The van der Waals surface area contributed by atoms with E-state index in [1.165, 1.54) is 38.5 Å². The molecule has 25 heavy (non-hydrogen) atoms. The highest BCUT2D eigenvalue weighted by Crippen LogP contribution is 2.30. The number of aromatic nitrogens is 2. The predicted molar refractivity (Wildman–Crippen MR) is 95.6 cm³/mol. The summed E-state index contributed by atoms with van der Waals surface area (Å²) in [6, 6.07) is 6.78. The van der Waals surface area contributed by atoms with Crippen molar-refractivity contribution >= 4 is 16.7 Å². The van der Waals surface area contributed by atoms with Crippen LogP contribution in [0.25, 0.3) is 10.9 Å². The summed E-state index contributed by atoms with van der Waals surface area (Å²) in [6.45, 7) is 2.82. The zero-order valence-electron chi connectivity index (χ0n) is 14.7. The molecule has 138 valence electrons. The number of hydrogen-bond acceptors (Lipinski definition) is 3. The van der Waals surface area contributed by atoms with Crippen LogP contribution in [-0.2, 0) is 6.18 Å². The molecule has 0 spiro atoms. The van der Waals surface area contributed by atoms with E-state index in [0.29, 0.717) is 17.4 Å². The van der Waals surface area contributed by atoms with Crippen molar-refractivity contribution in [3.8, 4) is 0 Å². The van der Waals surface area contributed by atoms with E-state index < -0.39 is 12.0 Å². The molecular weight excluding hydrogens is 327 g/mol. The Balaban J connectivity index is 1.88. The lowest BCUT2D eigenvalue weighted by Crippen LogP contribution is -2.14. The van der Waals surface area contributed by atoms with E-state index in [0.717, 1.165) is 12.8 Å². The summed E-state index contributed by atoms with van der Waals surface area (Å²) >= 11 is 0. The molecule has 0 aliphatic rings. The lowest BCUT2D eigenvalue weighted by Gasteiger charge is -2.12. The van der Waals surface area contributed by atoms with E-state index >= 15 is 0 Å². The van der Waals surface area contributed by atoms with E-state index in [4.69, 9.17) is 0 Å². The van der Waals surface area contributed by atoms with Crippen LogP contribution in [0.3, 0.4) is 0 Å². The van der Waals surface area contributed by atoms with Crippen molar-refractivity contribution in [2.24, 2.45) is 0 Å². The van der Waals surface area contributed by atoms with E-state index in [1.54, 1.807) is 24.3 Å². The maximum atomic E-state index is 13.0. The van der Waals surface area contributed by atoms with Gasteiger partial charge < -0.3 is 5.32 Å². The van der Waals surface area contributed by atoms with Gasteiger partial charge in [0.1, 0.15) is 5.82 Å². The fourth-order valence-corrected chi connectivity index (χ4v) is 2.80. The third-order valence-electron chi connectivity index (χ3n) is 4.18. The minimum absolute atomic E-state index is 0.265. The molecule has 6 heteroatoms. The Hall–Kier alpha value is -1.85. The third-order valence-corrected chi connectivity index (χ3v) is 4.18. The van der Waals surface area contributed by atoms with Crippen LogP contribution in [0.15, 0.2) is 24.3 Å². The smallest absolute Gasteiger partial charge is 0.369 e. The van der Waals surface area contributed by atoms with Crippen molar-refractivity contribution in [2.75, 3.05) is 11.9 Å². The van der Waals surface area contributed by atoms with Gasteiger partial charge in [0.2, 0.25) is 5.82 Å². The first-order valence-electron chi connectivity index (χ1n) is 9.10. The summed E-state index contributed by atoms with van der Waals surface area (Å²) in [5.74, 6) is -0.828. The van der Waals surface area contributed by atoms with Crippen LogP contribution in [0.1, 0.15) is 64.1 Å². The fourth-order valence-electron chi connectivity index (χ4n) is 2.80. The maximum absolute atomic E-state index is 13.0. The van der Waals surface area contributed by atoms with Gasteiger partial charge in [-0.15, -0.1) is 0 Å². The Kier molecular flexibility index (Phi) is 7.47. The van der Waals surface area contributed by atoms with E-state index in [2.05, 4.69) is 22.2 Å². The van der Waals surface area contributed by atoms with Gasteiger partial charge in [0, 0.05) is 11.9 Å². The predicted octanol–water partition coefficient (Wildman–Crippen LogP) is 6.20. The number of hydrogen-bond donors (Lipinski definition) is 1. The average molecular weight is 353 g/mol. The Morgan fingerprint density at radius 1 is 0.880 bits per heavy atom. The molecule has 1 aromatic carbocycles. The summed E-state index contributed by atoms with van der Waals surface area (Å²) in [6.07, 6.45) is 4.97. The zero-order valence-corrected chi connectivity index (χ0v) is 14.7. The largest absolute Gasteiger partial charge is 0.451 e. The molecule has 0 unspecified atom stereocenters. The van der Waals surface area contributed by atoms with Crippen LogP contribution in [0, 0.1) is 0 Å². The van der Waals surface area contributed by atoms with Crippen molar-refractivity contribution in [1.29, 1.82) is 0 Å². The number of benzene rings is 1. The van der Waals surface area contributed by atoms with Gasteiger partial charge in [-0.25, -0.2) is 9.97 Å². The molecule has 3 nitrogen and oxygen atoms in total. The number of anilines is 1. The molecule has 0 aliphatic carbocycles. The molecule has 0 aliphatic heterocycles. The molecule has 0 radical (unpaired) electrons. The molecule has 1 heterocycles. The van der Waals surface area contributed by atoms with E-state index in [9.17, 15) is 13.2 Å². The first-order valence-corrected chi connectivity index (χ1v) is 9.10. The number of nitrogens with zero attached hydrogens (tertiary/aromatic N) is 2. The second-order valence-electron chi connectivity index (χ2n) is 6.31. The highest BCUT2D eigenvalue weighted by atomic mass is 19.4. The van der Waals surface area contributed by atoms with Gasteiger partial charge >= 0.3 is 6.18 Å². The van der Waals surface area contributed by atoms with Crippen molar-refractivity contribution in [2.45, 2.75) is 64.5 Å². The van der Waals surface area contributed by atoms with Gasteiger partial charge in [-0.2, -0.15) is 13.2 Å². The van der Waals surface area contributed by atoms with Gasteiger partial charge in [-0.1, -0.05) is 64.0 Å². The Labute approximate surface area is 147 Å². The van der Waals surface area contributed by atoms with Gasteiger partial charge in [0.25, 0.3) is 0 Å². The highest BCUT2D eigenvalue weighted by molar-refractivity contribution is 5.89. The Morgan fingerprint density at radius 2 is 1.52 bits per heavy atom. The fraction of sp³-hybridized carbons (Fsp3) is 0.579. The molecule has 0 atom stereocenters. The van der Waals surface area contributed by atoms with Crippen LogP contribution >= 0.6 is 0 Å². The number of unbranched alkanes of at least 4 members (excludes halogenated alkanes) is 7. The van der Waals surface area contributed by atoms with Crippen molar-refractivity contribution < 1.29 is 13.2 Å². The molecule has 0 amide bonds. The minimum Gasteiger partial charge on any atom is -0.369 e. The number of alkyl halides is 3. The molecule has 0 bridgehead atoms. The van der Waals surface area contributed by atoms with Crippen molar-refractivity contribution in [1.82, 2.24) is 9.97 Å². The SMILES string of the molecule is CCCCCCCCCCNc1nc(C(F)(F)F)nc2ccccc12. The molecule has 1 N–H and O–H groups in total. The third kappa shape index (κ3) is 6.18. The van der Waals surface area contributed by atoms with Gasteiger partial charge in [0.15, 0.2) is 0 Å². The Bertz CT molecular complexity index is 656. The summed E-state index contributed by atoms with van der Waals surface area (Å²) in [5.41, 5.74) is 0.309. The van der Waals surface area contributed by atoms with Crippen LogP contribution in [0.2, 0.25) is 0 Å². The standard InChI is InChI=1S/C19H26F3N3/c1-2-3-4-5-6-7-8-11-14-23-17-15-12-9-10-13-16(15)24-18(25-17)19(20,21)22/h9-10,12-13H,2-8,11,14H2,1H3,(H,23,24,25). The second kappa shape index (κ2) is 9.59. The first kappa shape index (κ1) is 19.5. The number of para-hydroxylation sites is 1. The van der Waals surface area contributed by atoms with Crippen molar-refractivity contribution in [3.05, 3.63) is 30.1 Å². The molecule has 1 aromatic heterocycles. The van der Waals surface area contributed by atoms with Crippen molar-refractivity contribution in [3.63, 3.8) is 0 Å². The monoisotopic (exact) mass is 353 g/mol. The normalized spacial score (nSPS) is 11.8. The summed E-state index contributed by atoms with van der Waals surface area (Å²) in [7, 11) is 0. The molecule has 0 saturated carbocycles. The van der Waals surface area contributed by atoms with E-state index in [-0.39, 0.29) is 5.82 Å². The quantitative estimate of drug-likeness (QED) is 0.517. The lowest BCUT2D eigenvalue weighted by molar-refractivity contribution is -0.144. The Morgan fingerprint density at radius 3 is 2.20 bits per heavy atom. The lowest BCUT2D eigenvalue weighted by atomic mass is 10.1. The summed E-state index contributed by atoms with van der Waals surface area (Å²) in [5, 5.41) is 3.68. The molecule has 0 fully saturated rings. The van der Waals surface area contributed by atoms with Crippen LogP contribution in [-0.4, -0.2) is 16.5 Å². The zero-order chi connectivity index (χ0) is 18.1. The second-order valence-corrected chi connectivity index (χ2v) is 6.31. The number of rotatable bonds is 10.